The van der Waals surface area contributed by atoms with Crippen LogP contribution < -0.4 is 14.8 Å². The lowest BCUT2D eigenvalue weighted by Crippen LogP contribution is -2.29. The molecule has 1 N–H and O–H groups in total. The SMILES string of the molecule is COc1ccc(/C=C2/SC(=S)N(CCCC(=O)Nc3ccc(F)c(Cl)c3)C2=O)cc1OC. The van der Waals surface area contributed by atoms with Gasteiger partial charge in [0.2, 0.25) is 5.91 Å². The first-order chi connectivity index (χ1) is 15.3. The maximum absolute atomic E-state index is 13.2. The molecule has 0 spiro atoms. The van der Waals surface area contributed by atoms with E-state index in [1.54, 1.807) is 32.4 Å². The highest BCUT2D eigenvalue weighted by molar-refractivity contribution is 8.26. The fourth-order valence-electron chi connectivity index (χ4n) is 2.98. The van der Waals surface area contributed by atoms with E-state index >= 15 is 0 Å². The number of thioether (sulfide) groups is 1. The molecule has 0 atom stereocenters. The number of ether oxygens (including phenoxy) is 2. The number of hydrogen-bond donors (Lipinski definition) is 1. The number of hydrogen-bond acceptors (Lipinski definition) is 6. The van der Waals surface area contributed by atoms with E-state index in [1.165, 1.54) is 34.9 Å². The highest BCUT2D eigenvalue weighted by Crippen LogP contribution is 2.34. The number of anilines is 1. The van der Waals surface area contributed by atoms with E-state index in [2.05, 4.69) is 5.32 Å². The zero-order chi connectivity index (χ0) is 23.3. The molecule has 0 unspecified atom stereocenters. The predicted molar refractivity (Wildman–Crippen MR) is 129 cm³/mol. The van der Waals surface area contributed by atoms with Crippen molar-refractivity contribution in [2.24, 2.45) is 0 Å². The maximum Gasteiger partial charge on any atom is 0.266 e. The van der Waals surface area contributed by atoms with Crippen LogP contribution in [0.2, 0.25) is 5.02 Å². The molecule has 1 aliphatic rings. The Morgan fingerprint density at radius 1 is 1.22 bits per heavy atom. The number of thiocarbonyl (C=S) groups is 1. The van der Waals surface area contributed by atoms with Crippen LogP contribution in [0.1, 0.15) is 18.4 Å². The van der Waals surface area contributed by atoms with Crippen molar-refractivity contribution in [3.05, 3.63) is 57.7 Å². The Labute approximate surface area is 199 Å². The van der Waals surface area contributed by atoms with Crippen molar-refractivity contribution in [1.82, 2.24) is 4.90 Å². The largest absolute Gasteiger partial charge is 0.493 e. The zero-order valence-corrected chi connectivity index (χ0v) is 19.7. The molecule has 6 nitrogen and oxygen atoms in total. The molecule has 10 heteroatoms. The summed E-state index contributed by atoms with van der Waals surface area (Å²) in [7, 11) is 3.10. The topological polar surface area (TPSA) is 67.9 Å². The number of carbonyl (C=O) groups is 2. The van der Waals surface area contributed by atoms with Crippen molar-refractivity contribution in [3.8, 4) is 11.5 Å². The average Bonchev–Trinajstić information content (AvgIpc) is 3.03. The predicted octanol–water partition coefficient (Wildman–Crippen LogP) is 5.12. The molecule has 32 heavy (non-hydrogen) atoms. The van der Waals surface area contributed by atoms with Gasteiger partial charge in [0.1, 0.15) is 10.1 Å². The fraction of sp³-hybridized carbons (Fsp3) is 0.227. The molecule has 0 radical (unpaired) electrons. The minimum absolute atomic E-state index is 0.0679. The molecule has 2 amide bonds. The van der Waals surface area contributed by atoms with Gasteiger partial charge in [0.05, 0.1) is 24.1 Å². The summed E-state index contributed by atoms with van der Waals surface area (Å²) in [5, 5.41) is 2.59. The van der Waals surface area contributed by atoms with Crippen LogP contribution in [0.15, 0.2) is 41.3 Å². The molecule has 1 fully saturated rings. The van der Waals surface area contributed by atoms with Gasteiger partial charge in [-0.25, -0.2) is 4.39 Å². The molecule has 1 saturated heterocycles. The third-order valence-electron chi connectivity index (χ3n) is 4.57. The Hall–Kier alpha value is -2.62. The third kappa shape index (κ3) is 5.79. The van der Waals surface area contributed by atoms with Crippen molar-refractivity contribution in [2.75, 3.05) is 26.1 Å². The maximum atomic E-state index is 13.2. The monoisotopic (exact) mass is 494 g/mol. The molecule has 3 rings (SSSR count). The second-order valence-electron chi connectivity index (χ2n) is 6.73. The molecule has 0 saturated carbocycles. The fourth-order valence-corrected chi connectivity index (χ4v) is 4.47. The van der Waals surface area contributed by atoms with Crippen LogP contribution in [0.3, 0.4) is 0 Å². The lowest BCUT2D eigenvalue weighted by Gasteiger charge is -2.14. The summed E-state index contributed by atoms with van der Waals surface area (Å²) >= 11 is 12.3. The van der Waals surface area contributed by atoms with Gasteiger partial charge in [0.25, 0.3) is 5.91 Å². The quantitative estimate of drug-likeness (QED) is 0.406. The van der Waals surface area contributed by atoms with Crippen LogP contribution in [0.5, 0.6) is 11.5 Å². The summed E-state index contributed by atoms with van der Waals surface area (Å²) in [6.45, 7) is 0.311. The molecule has 0 bridgehead atoms. The molecule has 2 aromatic carbocycles. The number of halogens is 2. The van der Waals surface area contributed by atoms with Crippen molar-refractivity contribution in [3.63, 3.8) is 0 Å². The summed E-state index contributed by atoms with van der Waals surface area (Å²) in [4.78, 5) is 26.9. The van der Waals surface area contributed by atoms with Gasteiger partial charge in [-0.15, -0.1) is 0 Å². The number of rotatable bonds is 8. The Balaban J connectivity index is 1.57. The van der Waals surface area contributed by atoms with E-state index in [-0.39, 0.29) is 23.3 Å². The first-order valence-electron chi connectivity index (χ1n) is 9.54. The molecule has 1 aliphatic heterocycles. The van der Waals surface area contributed by atoms with Crippen LogP contribution in [0, 0.1) is 5.82 Å². The Bertz CT molecular complexity index is 1090. The third-order valence-corrected chi connectivity index (χ3v) is 6.24. The Morgan fingerprint density at radius 2 is 1.97 bits per heavy atom. The van der Waals surface area contributed by atoms with Crippen molar-refractivity contribution < 1.29 is 23.5 Å². The summed E-state index contributed by atoms with van der Waals surface area (Å²) in [5.74, 6) is 0.128. The van der Waals surface area contributed by atoms with Crippen LogP contribution in [0.25, 0.3) is 6.08 Å². The van der Waals surface area contributed by atoms with Gasteiger partial charge in [-0.3, -0.25) is 14.5 Å². The zero-order valence-electron chi connectivity index (χ0n) is 17.3. The summed E-state index contributed by atoms with van der Waals surface area (Å²) in [5.41, 5.74) is 1.19. The molecule has 0 aromatic heterocycles. The van der Waals surface area contributed by atoms with Gasteiger partial charge in [0, 0.05) is 18.7 Å². The number of amides is 2. The van der Waals surface area contributed by atoms with E-state index < -0.39 is 5.82 Å². The normalized spacial score (nSPS) is 14.8. The standard InChI is InChI=1S/C22H20ClFN2O4S2/c1-29-17-8-5-13(10-18(17)30-2)11-19-21(28)26(22(31)32-19)9-3-4-20(27)25-14-6-7-16(24)15(23)12-14/h5-8,10-12H,3-4,9H2,1-2H3,(H,25,27)/b19-11+. The summed E-state index contributed by atoms with van der Waals surface area (Å²) < 4.78 is 24.2. The van der Waals surface area contributed by atoms with Gasteiger partial charge in [-0.05, 0) is 48.4 Å². The summed E-state index contributed by atoms with van der Waals surface area (Å²) in [6.07, 6.45) is 2.32. The minimum atomic E-state index is -0.555. The van der Waals surface area contributed by atoms with Crippen LogP contribution >= 0.6 is 35.6 Å². The van der Waals surface area contributed by atoms with Crippen molar-refractivity contribution >= 4 is 63.5 Å². The highest BCUT2D eigenvalue weighted by atomic mass is 35.5. The van der Waals surface area contributed by atoms with Gasteiger partial charge in [-0.1, -0.05) is 41.6 Å². The first-order valence-corrected chi connectivity index (χ1v) is 11.1. The number of methoxy groups -OCH3 is 2. The number of carbonyl (C=O) groups excluding carboxylic acids is 2. The van der Waals surface area contributed by atoms with E-state index in [0.29, 0.717) is 39.4 Å². The lowest BCUT2D eigenvalue weighted by molar-refractivity contribution is -0.122. The smallest absolute Gasteiger partial charge is 0.266 e. The van der Waals surface area contributed by atoms with Crippen LogP contribution in [-0.2, 0) is 9.59 Å². The van der Waals surface area contributed by atoms with Gasteiger partial charge in [-0.2, -0.15) is 0 Å². The van der Waals surface area contributed by atoms with E-state index in [1.807, 2.05) is 6.07 Å². The molecular formula is C22H20ClFN2O4S2. The molecular weight excluding hydrogens is 475 g/mol. The van der Waals surface area contributed by atoms with Crippen LogP contribution in [0.4, 0.5) is 10.1 Å². The number of nitrogens with one attached hydrogen (secondary N) is 1. The molecule has 0 aliphatic carbocycles. The van der Waals surface area contributed by atoms with Crippen molar-refractivity contribution in [2.45, 2.75) is 12.8 Å². The van der Waals surface area contributed by atoms with E-state index in [0.717, 1.165) is 5.56 Å². The average molecular weight is 495 g/mol. The molecule has 1 heterocycles. The highest BCUT2D eigenvalue weighted by Gasteiger charge is 2.31. The van der Waals surface area contributed by atoms with Gasteiger partial charge >= 0.3 is 0 Å². The summed E-state index contributed by atoms with van der Waals surface area (Å²) in [6, 6.07) is 9.31. The Kier molecular flexibility index (Phi) is 8.11. The Morgan fingerprint density at radius 3 is 2.66 bits per heavy atom. The second-order valence-corrected chi connectivity index (χ2v) is 8.81. The lowest BCUT2D eigenvalue weighted by atomic mass is 10.2. The minimum Gasteiger partial charge on any atom is -0.493 e. The van der Waals surface area contributed by atoms with Crippen LogP contribution in [-0.4, -0.2) is 41.8 Å². The number of benzene rings is 2. The van der Waals surface area contributed by atoms with Gasteiger partial charge in [0.15, 0.2) is 11.5 Å². The van der Waals surface area contributed by atoms with Crippen molar-refractivity contribution in [1.29, 1.82) is 0 Å². The van der Waals surface area contributed by atoms with Gasteiger partial charge < -0.3 is 14.8 Å². The molecule has 168 valence electrons. The van der Waals surface area contributed by atoms with E-state index in [9.17, 15) is 14.0 Å². The first kappa shape index (κ1) is 24.0. The van der Waals surface area contributed by atoms with E-state index in [4.69, 9.17) is 33.3 Å². The second kappa shape index (κ2) is 10.8. The molecule has 2 aromatic rings. The number of nitrogens with zero attached hydrogens (tertiary/aromatic N) is 1.